The quantitative estimate of drug-likeness (QED) is 0.414. The van der Waals surface area contributed by atoms with Gasteiger partial charge in [0, 0.05) is 28.7 Å². The number of hydrogen-bond acceptors (Lipinski definition) is 3. The molecule has 0 aliphatic heterocycles. The van der Waals surface area contributed by atoms with Gasteiger partial charge < -0.3 is 5.11 Å². The molecule has 5 rings (SSSR count). The average Bonchev–Trinajstić information content (AvgIpc) is 3.11. The van der Waals surface area contributed by atoms with E-state index in [-0.39, 0.29) is 5.75 Å². The Morgan fingerprint density at radius 3 is 2.33 bits per heavy atom. The normalized spacial score (nSPS) is 11.7. The number of fused-ring (bicyclic) bond motifs is 6. The summed E-state index contributed by atoms with van der Waals surface area (Å²) in [7, 11) is 0. The van der Waals surface area contributed by atoms with Gasteiger partial charge in [-0.3, -0.25) is 4.40 Å². The largest absolute Gasteiger partial charge is 0.508 e. The van der Waals surface area contributed by atoms with Crippen LogP contribution < -0.4 is 0 Å². The monoisotopic (exact) mass is 353 g/mol. The van der Waals surface area contributed by atoms with Crippen LogP contribution in [0.5, 0.6) is 5.75 Å². The first-order valence-electron chi connectivity index (χ1n) is 8.99. The first-order chi connectivity index (χ1) is 13.0. The molecule has 0 bridgehead atoms. The molecule has 0 aliphatic rings. The van der Waals surface area contributed by atoms with Crippen molar-refractivity contribution in [1.82, 2.24) is 14.4 Å². The van der Waals surface area contributed by atoms with Crippen LogP contribution in [0.1, 0.15) is 16.7 Å². The lowest BCUT2D eigenvalue weighted by molar-refractivity contribution is 0.476. The summed E-state index contributed by atoms with van der Waals surface area (Å²) in [4.78, 5) is 9.53. The van der Waals surface area contributed by atoms with E-state index >= 15 is 0 Å². The van der Waals surface area contributed by atoms with Crippen molar-refractivity contribution in [3.63, 3.8) is 0 Å². The molecule has 0 radical (unpaired) electrons. The highest BCUT2D eigenvalue weighted by Crippen LogP contribution is 2.33. The number of hydrogen-bond donors (Lipinski definition) is 1. The number of benzene rings is 2. The van der Waals surface area contributed by atoms with E-state index in [1.807, 2.05) is 16.7 Å². The molecule has 0 atom stereocenters. The molecule has 27 heavy (non-hydrogen) atoms. The van der Waals surface area contributed by atoms with Gasteiger partial charge in [0.15, 0.2) is 0 Å². The van der Waals surface area contributed by atoms with Crippen molar-refractivity contribution in [2.24, 2.45) is 0 Å². The van der Waals surface area contributed by atoms with Gasteiger partial charge in [-0.25, -0.2) is 9.97 Å². The number of phenolic OH excluding ortho intramolecular Hbond substituents is 1. The zero-order valence-corrected chi connectivity index (χ0v) is 15.5. The maximum atomic E-state index is 9.92. The second-order valence-electron chi connectivity index (χ2n) is 7.19. The molecule has 3 aromatic heterocycles. The van der Waals surface area contributed by atoms with Crippen molar-refractivity contribution in [2.75, 3.05) is 0 Å². The molecule has 0 fully saturated rings. The lowest BCUT2D eigenvalue weighted by atomic mass is 9.96. The Kier molecular flexibility index (Phi) is 3.25. The molecular formula is C23H19N3O. The van der Waals surface area contributed by atoms with Crippen LogP contribution in [0.2, 0.25) is 0 Å². The zero-order chi connectivity index (χ0) is 18.7. The van der Waals surface area contributed by atoms with Crippen LogP contribution >= 0.6 is 0 Å². The van der Waals surface area contributed by atoms with E-state index in [1.54, 1.807) is 18.3 Å². The summed E-state index contributed by atoms with van der Waals surface area (Å²) in [5.41, 5.74) is 7.54. The predicted octanol–water partition coefficient (Wildman–Crippen LogP) is 5.33. The SMILES string of the molecule is Cc1cc(C)c(-c2ccc3c4ccc(O)cc4c4nccn4c3n2)c(C)c1. The third kappa shape index (κ3) is 2.30. The molecule has 4 heteroatoms. The summed E-state index contributed by atoms with van der Waals surface area (Å²) in [6.45, 7) is 6.39. The fourth-order valence-corrected chi connectivity index (χ4v) is 4.19. The minimum Gasteiger partial charge on any atom is -0.508 e. The Balaban J connectivity index is 1.90. The van der Waals surface area contributed by atoms with Gasteiger partial charge in [0.2, 0.25) is 0 Å². The average molecular weight is 353 g/mol. The summed E-state index contributed by atoms with van der Waals surface area (Å²) in [5.74, 6) is 0.238. The number of pyridine rings is 2. The zero-order valence-electron chi connectivity index (χ0n) is 15.5. The molecular weight excluding hydrogens is 334 g/mol. The third-order valence-corrected chi connectivity index (χ3v) is 5.21. The van der Waals surface area contributed by atoms with Crippen LogP contribution in [0.15, 0.2) is 54.9 Å². The Morgan fingerprint density at radius 1 is 0.815 bits per heavy atom. The standard InChI is InChI=1S/C23H19N3O/c1-13-10-14(2)21(15(3)11-13)20-7-6-18-17-5-4-16(27)12-19(17)22-24-8-9-26(22)23(18)25-20/h4-12,27H,1-3H3. The molecule has 4 nitrogen and oxygen atoms in total. The maximum absolute atomic E-state index is 9.92. The summed E-state index contributed by atoms with van der Waals surface area (Å²) in [6.07, 6.45) is 3.70. The number of phenols is 1. The van der Waals surface area contributed by atoms with E-state index in [2.05, 4.69) is 50.0 Å². The van der Waals surface area contributed by atoms with Crippen molar-refractivity contribution in [2.45, 2.75) is 20.8 Å². The molecule has 0 saturated heterocycles. The minimum atomic E-state index is 0.238. The van der Waals surface area contributed by atoms with Crippen LogP contribution in [0.3, 0.4) is 0 Å². The lowest BCUT2D eigenvalue weighted by Gasteiger charge is -2.13. The predicted molar refractivity (Wildman–Crippen MR) is 109 cm³/mol. The molecule has 0 saturated carbocycles. The number of rotatable bonds is 1. The second-order valence-corrected chi connectivity index (χ2v) is 7.19. The van der Waals surface area contributed by atoms with E-state index in [9.17, 15) is 5.11 Å². The highest BCUT2D eigenvalue weighted by molar-refractivity contribution is 6.11. The van der Waals surface area contributed by atoms with Gasteiger partial charge in [0.1, 0.15) is 17.0 Å². The molecule has 0 unspecified atom stereocenters. The molecule has 0 aliphatic carbocycles. The smallest absolute Gasteiger partial charge is 0.146 e. The molecule has 5 aromatic rings. The van der Waals surface area contributed by atoms with Gasteiger partial charge >= 0.3 is 0 Å². The molecule has 3 heterocycles. The summed E-state index contributed by atoms with van der Waals surface area (Å²) in [6, 6.07) is 14.0. The Bertz CT molecular complexity index is 1340. The van der Waals surface area contributed by atoms with E-state index in [0.717, 1.165) is 33.1 Å². The number of aromatic hydroxyl groups is 1. The third-order valence-electron chi connectivity index (χ3n) is 5.21. The number of aryl methyl sites for hydroxylation is 3. The topological polar surface area (TPSA) is 50.4 Å². The van der Waals surface area contributed by atoms with Crippen LogP contribution in [-0.2, 0) is 0 Å². The second kappa shape index (κ2) is 5.55. The van der Waals surface area contributed by atoms with Crippen molar-refractivity contribution < 1.29 is 5.11 Å². The van der Waals surface area contributed by atoms with E-state index in [0.29, 0.717) is 0 Å². The summed E-state index contributed by atoms with van der Waals surface area (Å²) in [5, 5.41) is 12.9. The number of imidazole rings is 1. The number of nitrogens with zero attached hydrogens (tertiary/aromatic N) is 3. The first kappa shape index (κ1) is 15.8. The van der Waals surface area contributed by atoms with Crippen LogP contribution in [0.25, 0.3) is 38.7 Å². The van der Waals surface area contributed by atoms with Crippen LogP contribution in [0, 0.1) is 20.8 Å². The van der Waals surface area contributed by atoms with Gasteiger partial charge in [-0.15, -0.1) is 0 Å². The van der Waals surface area contributed by atoms with Crippen LogP contribution in [0.4, 0.5) is 0 Å². The van der Waals surface area contributed by atoms with E-state index < -0.39 is 0 Å². The van der Waals surface area contributed by atoms with Crippen molar-refractivity contribution in [3.05, 3.63) is 71.5 Å². The van der Waals surface area contributed by atoms with Gasteiger partial charge in [-0.05, 0) is 67.6 Å². The fraction of sp³-hybridized carbons (Fsp3) is 0.130. The highest BCUT2D eigenvalue weighted by atomic mass is 16.3. The Hall–Kier alpha value is -3.40. The lowest BCUT2D eigenvalue weighted by Crippen LogP contribution is -1.97. The number of aromatic nitrogens is 3. The molecule has 0 spiro atoms. The summed E-state index contributed by atoms with van der Waals surface area (Å²) < 4.78 is 2.00. The highest BCUT2D eigenvalue weighted by Gasteiger charge is 2.14. The minimum absolute atomic E-state index is 0.238. The van der Waals surface area contributed by atoms with Crippen molar-refractivity contribution in [3.8, 4) is 17.0 Å². The van der Waals surface area contributed by atoms with Gasteiger partial charge in [-0.1, -0.05) is 17.7 Å². The summed E-state index contributed by atoms with van der Waals surface area (Å²) >= 11 is 0. The van der Waals surface area contributed by atoms with Gasteiger partial charge in [-0.2, -0.15) is 0 Å². The van der Waals surface area contributed by atoms with Crippen molar-refractivity contribution >= 4 is 27.5 Å². The van der Waals surface area contributed by atoms with Crippen molar-refractivity contribution in [1.29, 1.82) is 0 Å². The van der Waals surface area contributed by atoms with Crippen LogP contribution in [-0.4, -0.2) is 19.5 Å². The van der Waals surface area contributed by atoms with E-state index in [4.69, 9.17) is 4.98 Å². The molecule has 0 amide bonds. The van der Waals surface area contributed by atoms with E-state index in [1.165, 1.54) is 22.3 Å². The fourth-order valence-electron chi connectivity index (χ4n) is 4.19. The first-order valence-corrected chi connectivity index (χ1v) is 8.99. The molecule has 2 aromatic carbocycles. The Morgan fingerprint density at radius 2 is 1.56 bits per heavy atom. The Labute approximate surface area is 156 Å². The molecule has 1 N–H and O–H groups in total. The van der Waals surface area contributed by atoms with Gasteiger partial charge in [0.25, 0.3) is 0 Å². The van der Waals surface area contributed by atoms with Gasteiger partial charge in [0.05, 0.1) is 5.69 Å². The maximum Gasteiger partial charge on any atom is 0.146 e. The molecule has 132 valence electrons.